The molecule has 1 aromatic heterocycles. The van der Waals surface area contributed by atoms with Gasteiger partial charge in [-0.2, -0.15) is 4.57 Å². The van der Waals surface area contributed by atoms with Crippen LogP contribution in [0.4, 0.5) is 0 Å². The van der Waals surface area contributed by atoms with E-state index in [1.807, 2.05) is 71.9 Å². The number of carbonyl (C=O) groups excluding carboxylic acids is 2. The highest BCUT2D eigenvalue weighted by atomic mass is 16.3. The molecule has 0 unspecified atom stereocenters. The number of phenolic OH excluding ortho intramolecular Hbond substituents is 1. The van der Waals surface area contributed by atoms with Crippen LogP contribution in [0.1, 0.15) is 78.9 Å². The Kier molecular flexibility index (Phi) is 7.25. The van der Waals surface area contributed by atoms with Crippen LogP contribution in [-0.2, 0) is 23.9 Å². The molecule has 1 heterocycles. The van der Waals surface area contributed by atoms with E-state index in [2.05, 4.69) is 5.32 Å². The summed E-state index contributed by atoms with van der Waals surface area (Å²) in [4.78, 5) is 25.6. The maximum absolute atomic E-state index is 13.2. The first-order valence-electron chi connectivity index (χ1n) is 11.6. The second kappa shape index (κ2) is 9.80. The molecule has 34 heavy (non-hydrogen) atoms. The number of phenols is 1. The van der Waals surface area contributed by atoms with Gasteiger partial charge >= 0.3 is 0 Å². The SMILES string of the molecule is CC(C)(C)c1cc(C(=O)C[n+]2ccc(C(=O)NCc3ccccc3)cc2)cc(C(C)(C)C)c1O. The normalized spacial score (nSPS) is 11.8. The zero-order chi connectivity index (χ0) is 25.1. The molecule has 0 fully saturated rings. The van der Waals surface area contributed by atoms with Gasteiger partial charge in [-0.1, -0.05) is 71.9 Å². The van der Waals surface area contributed by atoms with Crippen LogP contribution in [0.25, 0.3) is 0 Å². The van der Waals surface area contributed by atoms with Gasteiger partial charge in [-0.25, -0.2) is 0 Å². The zero-order valence-corrected chi connectivity index (χ0v) is 21.0. The number of pyridine rings is 1. The van der Waals surface area contributed by atoms with E-state index in [9.17, 15) is 14.7 Å². The monoisotopic (exact) mass is 459 g/mol. The summed E-state index contributed by atoms with van der Waals surface area (Å²) in [6, 6.07) is 16.8. The maximum atomic E-state index is 13.2. The van der Waals surface area contributed by atoms with Crippen LogP contribution in [-0.4, -0.2) is 16.8 Å². The first kappa shape index (κ1) is 25.2. The molecule has 0 bridgehead atoms. The number of hydrogen-bond acceptors (Lipinski definition) is 3. The Balaban J connectivity index is 1.76. The van der Waals surface area contributed by atoms with E-state index >= 15 is 0 Å². The second-order valence-electron chi connectivity index (χ2n) is 10.8. The number of aromatic hydroxyl groups is 1. The highest BCUT2D eigenvalue weighted by Crippen LogP contribution is 2.39. The number of hydrogen-bond donors (Lipinski definition) is 2. The highest BCUT2D eigenvalue weighted by Gasteiger charge is 2.28. The molecule has 1 amide bonds. The zero-order valence-electron chi connectivity index (χ0n) is 21.0. The number of carbonyl (C=O) groups is 2. The van der Waals surface area contributed by atoms with Crippen molar-refractivity contribution in [1.82, 2.24) is 5.32 Å². The van der Waals surface area contributed by atoms with Gasteiger partial charge < -0.3 is 10.4 Å². The molecule has 5 heteroatoms. The van der Waals surface area contributed by atoms with E-state index in [4.69, 9.17) is 0 Å². The molecule has 2 N–H and O–H groups in total. The third kappa shape index (κ3) is 6.10. The van der Waals surface area contributed by atoms with Crippen LogP contribution >= 0.6 is 0 Å². The van der Waals surface area contributed by atoms with Crippen molar-refractivity contribution in [3.8, 4) is 5.75 Å². The van der Waals surface area contributed by atoms with E-state index in [-0.39, 0.29) is 34.8 Å². The Bertz CT molecular complexity index is 1130. The molecule has 2 aromatic carbocycles. The summed E-state index contributed by atoms with van der Waals surface area (Å²) in [7, 11) is 0. The maximum Gasteiger partial charge on any atom is 0.252 e. The fourth-order valence-electron chi connectivity index (χ4n) is 3.79. The first-order valence-corrected chi connectivity index (χ1v) is 11.6. The minimum atomic E-state index is -0.303. The van der Waals surface area contributed by atoms with Crippen LogP contribution < -0.4 is 9.88 Å². The number of ketones is 1. The molecule has 5 nitrogen and oxygen atoms in total. The van der Waals surface area contributed by atoms with Gasteiger partial charge in [0.2, 0.25) is 12.3 Å². The molecule has 0 spiro atoms. The van der Waals surface area contributed by atoms with Crippen molar-refractivity contribution in [2.75, 3.05) is 0 Å². The Morgan fingerprint density at radius 2 is 1.35 bits per heavy atom. The third-order valence-electron chi connectivity index (χ3n) is 5.82. The van der Waals surface area contributed by atoms with Gasteiger partial charge in [0.1, 0.15) is 5.75 Å². The van der Waals surface area contributed by atoms with Crippen molar-refractivity contribution >= 4 is 11.7 Å². The molecule has 178 valence electrons. The fourth-order valence-corrected chi connectivity index (χ4v) is 3.79. The quantitative estimate of drug-likeness (QED) is 0.399. The molecule has 0 aliphatic heterocycles. The summed E-state index contributed by atoms with van der Waals surface area (Å²) in [5, 5.41) is 13.8. The number of rotatable bonds is 6. The molecule has 0 aliphatic rings. The number of aromatic nitrogens is 1. The molecule has 0 atom stereocenters. The predicted molar refractivity (Wildman–Crippen MR) is 134 cm³/mol. The van der Waals surface area contributed by atoms with Crippen LogP contribution in [0, 0.1) is 0 Å². The lowest BCUT2D eigenvalue weighted by molar-refractivity contribution is -0.683. The van der Waals surface area contributed by atoms with E-state index in [1.165, 1.54) is 0 Å². The van der Waals surface area contributed by atoms with Crippen molar-refractivity contribution in [3.05, 3.63) is 94.8 Å². The van der Waals surface area contributed by atoms with Crippen LogP contribution in [0.2, 0.25) is 0 Å². The Labute approximate surface area is 202 Å². The van der Waals surface area contributed by atoms with Gasteiger partial charge in [-0.15, -0.1) is 0 Å². The summed E-state index contributed by atoms with van der Waals surface area (Å²) in [5.41, 5.74) is 3.06. The number of benzene rings is 2. The molecule has 0 aliphatic carbocycles. The van der Waals surface area contributed by atoms with Gasteiger partial charge in [-0.05, 0) is 28.5 Å². The van der Waals surface area contributed by atoms with Gasteiger partial charge in [0, 0.05) is 35.4 Å². The van der Waals surface area contributed by atoms with Gasteiger partial charge in [-0.3, -0.25) is 9.59 Å². The highest BCUT2D eigenvalue weighted by molar-refractivity contribution is 5.96. The smallest absolute Gasteiger partial charge is 0.252 e. The average Bonchev–Trinajstić information content (AvgIpc) is 2.77. The van der Waals surface area contributed by atoms with Gasteiger partial charge in [0.05, 0.1) is 5.56 Å². The van der Waals surface area contributed by atoms with Gasteiger partial charge in [0.25, 0.3) is 5.91 Å². The lowest BCUT2D eigenvalue weighted by Gasteiger charge is -2.27. The topological polar surface area (TPSA) is 70.3 Å². The molecule has 0 radical (unpaired) electrons. The van der Waals surface area contributed by atoms with Gasteiger partial charge in [0.15, 0.2) is 12.4 Å². The molecule has 3 aromatic rings. The van der Waals surface area contributed by atoms with Crippen molar-refractivity contribution in [3.63, 3.8) is 0 Å². The predicted octanol–water partition coefficient (Wildman–Crippen LogP) is 5.09. The van der Waals surface area contributed by atoms with Crippen molar-refractivity contribution < 1.29 is 19.3 Å². The van der Waals surface area contributed by atoms with E-state index in [1.54, 1.807) is 41.2 Å². The second-order valence-corrected chi connectivity index (χ2v) is 10.8. The summed E-state index contributed by atoms with van der Waals surface area (Å²) in [5.74, 6) is 0.0443. The van der Waals surface area contributed by atoms with E-state index in [0.29, 0.717) is 17.7 Å². The number of amides is 1. The first-order chi connectivity index (χ1) is 15.9. The average molecular weight is 460 g/mol. The van der Waals surface area contributed by atoms with Crippen LogP contribution in [0.15, 0.2) is 67.0 Å². The molecule has 0 saturated heterocycles. The summed E-state index contributed by atoms with van der Waals surface area (Å²) >= 11 is 0. The number of Topliss-reactive ketones (excluding diaryl/α,β-unsaturated/α-hetero) is 1. The van der Waals surface area contributed by atoms with Crippen molar-refractivity contribution in [2.45, 2.75) is 65.5 Å². The van der Waals surface area contributed by atoms with E-state index in [0.717, 1.165) is 16.7 Å². The van der Waals surface area contributed by atoms with Crippen LogP contribution in [0.3, 0.4) is 0 Å². The molecular weight excluding hydrogens is 424 g/mol. The number of nitrogens with zero attached hydrogens (tertiary/aromatic N) is 1. The number of nitrogens with one attached hydrogen (secondary N) is 1. The summed E-state index contributed by atoms with van der Waals surface area (Å²) < 4.78 is 1.76. The largest absolute Gasteiger partial charge is 0.507 e. The van der Waals surface area contributed by atoms with Crippen molar-refractivity contribution in [1.29, 1.82) is 0 Å². The lowest BCUT2D eigenvalue weighted by Crippen LogP contribution is -2.38. The van der Waals surface area contributed by atoms with Crippen LogP contribution in [0.5, 0.6) is 5.75 Å². The minimum absolute atomic E-state index is 0.0534. The molecule has 0 saturated carbocycles. The van der Waals surface area contributed by atoms with Crippen molar-refractivity contribution in [2.24, 2.45) is 0 Å². The standard InChI is InChI=1S/C29H34N2O3/c1-28(2,3)23-16-22(17-24(26(23)33)29(4,5)6)25(32)19-31-14-12-21(13-15-31)27(34)30-18-20-10-8-7-9-11-20/h7-17H,18-19H2,1-6H3,(H-,30,32,33,34)/p+1. The third-order valence-corrected chi connectivity index (χ3v) is 5.82. The minimum Gasteiger partial charge on any atom is -0.507 e. The fraction of sp³-hybridized carbons (Fsp3) is 0.345. The Morgan fingerprint density at radius 3 is 1.85 bits per heavy atom. The summed E-state index contributed by atoms with van der Waals surface area (Å²) in [6.45, 7) is 12.8. The molecular formula is C29H35N2O3+. The lowest BCUT2D eigenvalue weighted by atomic mass is 9.78. The Hall–Kier alpha value is -3.47. The molecule has 3 rings (SSSR count). The summed E-state index contributed by atoms with van der Waals surface area (Å²) in [6.07, 6.45) is 3.48. The van der Waals surface area contributed by atoms with E-state index < -0.39 is 0 Å². The Morgan fingerprint density at radius 1 is 0.824 bits per heavy atom.